The van der Waals surface area contributed by atoms with Crippen LogP contribution < -0.4 is 11.5 Å². The van der Waals surface area contributed by atoms with E-state index in [0.717, 1.165) is 24.2 Å². The Bertz CT molecular complexity index is 660. The molecule has 2 rings (SSSR count). The molecule has 0 unspecified atom stereocenters. The first-order valence-corrected chi connectivity index (χ1v) is 6.63. The van der Waals surface area contributed by atoms with Gasteiger partial charge in [-0.05, 0) is 31.9 Å². The van der Waals surface area contributed by atoms with Crippen molar-refractivity contribution in [3.63, 3.8) is 0 Å². The Morgan fingerprint density at radius 2 is 2.00 bits per heavy atom. The van der Waals surface area contributed by atoms with E-state index < -0.39 is 5.91 Å². The van der Waals surface area contributed by atoms with Gasteiger partial charge >= 0.3 is 0 Å². The number of nitrogens with two attached hydrogens (primary N) is 2. The molecule has 0 saturated heterocycles. The van der Waals surface area contributed by atoms with Gasteiger partial charge in [-0.2, -0.15) is 5.10 Å². The first-order chi connectivity index (χ1) is 9.47. The maximum atomic E-state index is 11.4. The molecule has 1 amide bonds. The highest BCUT2D eigenvalue weighted by Crippen LogP contribution is 2.22. The SMILES string of the molecule is CCc1nn(-c2cc(C(N)=O)cc(C)n2)c(CC)c1N. The minimum Gasteiger partial charge on any atom is -0.396 e. The second kappa shape index (κ2) is 5.32. The van der Waals surface area contributed by atoms with Gasteiger partial charge in [0.25, 0.3) is 0 Å². The summed E-state index contributed by atoms with van der Waals surface area (Å²) in [7, 11) is 0. The third-order valence-corrected chi connectivity index (χ3v) is 3.21. The van der Waals surface area contributed by atoms with Gasteiger partial charge in [0.2, 0.25) is 5.91 Å². The van der Waals surface area contributed by atoms with Crippen LogP contribution in [0.5, 0.6) is 0 Å². The van der Waals surface area contributed by atoms with Crippen LogP contribution in [-0.2, 0) is 12.8 Å². The lowest BCUT2D eigenvalue weighted by atomic mass is 10.2. The number of rotatable bonds is 4. The van der Waals surface area contributed by atoms with Crippen LogP contribution in [0, 0.1) is 6.92 Å². The fourth-order valence-corrected chi connectivity index (χ4v) is 2.21. The van der Waals surface area contributed by atoms with Crippen molar-refractivity contribution in [1.29, 1.82) is 0 Å². The van der Waals surface area contributed by atoms with Crippen molar-refractivity contribution in [3.05, 3.63) is 34.8 Å². The lowest BCUT2D eigenvalue weighted by Crippen LogP contribution is -2.14. The Kier molecular flexibility index (Phi) is 3.74. The van der Waals surface area contributed by atoms with Crippen molar-refractivity contribution >= 4 is 11.6 Å². The van der Waals surface area contributed by atoms with Gasteiger partial charge in [-0.25, -0.2) is 9.67 Å². The van der Waals surface area contributed by atoms with Gasteiger partial charge in [-0.1, -0.05) is 13.8 Å². The van der Waals surface area contributed by atoms with Gasteiger partial charge < -0.3 is 11.5 Å². The topological polar surface area (TPSA) is 99.8 Å². The molecule has 0 aliphatic rings. The summed E-state index contributed by atoms with van der Waals surface area (Å²) in [5.74, 6) is 0.0905. The van der Waals surface area contributed by atoms with Gasteiger partial charge in [0.05, 0.1) is 17.1 Å². The van der Waals surface area contributed by atoms with Gasteiger partial charge in [0.1, 0.15) is 0 Å². The second-order valence-electron chi connectivity index (χ2n) is 4.65. The van der Waals surface area contributed by atoms with Crippen LogP contribution in [-0.4, -0.2) is 20.7 Å². The fourth-order valence-electron chi connectivity index (χ4n) is 2.21. The van der Waals surface area contributed by atoms with Gasteiger partial charge in [-0.15, -0.1) is 0 Å². The number of hydrogen-bond acceptors (Lipinski definition) is 4. The zero-order chi connectivity index (χ0) is 14.9. The van der Waals surface area contributed by atoms with E-state index in [-0.39, 0.29) is 0 Å². The molecule has 0 aliphatic heterocycles. The molecule has 20 heavy (non-hydrogen) atoms. The number of carbonyl (C=O) groups is 1. The molecule has 0 saturated carbocycles. The summed E-state index contributed by atoms with van der Waals surface area (Å²) in [6, 6.07) is 3.30. The number of carbonyl (C=O) groups excluding carboxylic acids is 1. The molecule has 2 aromatic heterocycles. The molecule has 0 radical (unpaired) electrons. The number of nitrogen functional groups attached to an aromatic ring is 1. The Balaban J connectivity index is 2.64. The summed E-state index contributed by atoms with van der Waals surface area (Å²) < 4.78 is 1.70. The summed E-state index contributed by atoms with van der Waals surface area (Å²) in [5.41, 5.74) is 15.0. The molecule has 4 N–H and O–H groups in total. The maximum absolute atomic E-state index is 11.4. The van der Waals surface area contributed by atoms with Crippen LogP contribution in [0.15, 0.2) is 12.1 Å². The Hall–Kier alpha value is -2.37. The number of aromatic nitrogens is 3. The number of primary amides is 1. The molecule has 2 heterocycles. The molecule has 0 bridgehead atoms. The van der Waals surface area contributed by atoms with E-state index in [1.807, 2.05) is 20.8 Å². The number of hydrogen-bond donors (Lipinski definition) is 2. The van der Waals surface area contributed by atoms with Crippen molar-refractivity contribution in [2.75, 3.05) is 5.73 Å². The lowest BCUT2D eigenvalue weighted by Gasteiger charge is -2.08. The highest BCUT2D eigenvalue weighted by atomic mass is 16.1. The average Bonchev–Trinajstić information content (AvgIpc) is 2.74. The van der Waals surface area contributed by atoms with Crippen LogP contribution >= 0.6 is 0 Å². The van der Waals surface area contributed by atoms with E-state index in [0.29, 0.717) is 22.8 Å². The van der Waals surface area contributed by atoms with E-state index >= 15 is 0 Å². The standard InChI is InChI=1S/C14H19N5O/c1-4-10-13(15)11(5-2)19(18-10)12-7-9(14(16)20)6-8(3)17-12/h6-7H,4-5,15H2,1-3H3,(H2,16,20). The maximum Gasteiger partial charge on any atom is 0.248 e. The molecule has 6 heteroatoms. The van der Waals surface area contributed by atoms with Crippen LogP contribution in [0.1, 0.15) is 41.3 Å². The van der Waals surface area contributed by atoms with E-state index in [2.05, 4.69) is 10.1 Å². The predicted octanol–water partition coefficient (Wildman–Crippen LogP) is 1.38. The monoisotopic (exact) mass is 273 g/mol. The smallest absolute Gasteiger partial charge is 0.248 e. The van der Waals surface area contributed by atoms with Crippen molar-refractivity contribution in [2.45, 2.75) is 33.6 Å². The molecular formula is C14H19N5O. The Labute approximate surface area is 117 Å². The Morgan fingerprint density at radius 3 is 2.55 bits per heavy atom. The number of aryl methyl sites for hydroxylation is 2. The fraction of sp³-hybridized carbons (Fsp3) is 0.357. The molecule has 106 valence electrons. The van der Waals surface area contributed by atoms with Gasteiger partial charge in [-0.3, -0.25) is 4.79 Å². The molecule has 0 atom stereocenters. The number of pyridine rings is 1. The van der Waals surface area contributed by atoms with Gasteiger partial charge in [0.15, 0.2) is 5.82 Å². The van der Waals surface area contributed by atoms with Crippen LogP contribution in [0.25, 0.3) is 5.82 Å². The molecule has 6 nitrogen and oxygen atoms in total. The van der Waals surface area contributed by atoms with E-state index in [9.17, 15) is 4.79 Å². The van der Waals surface area contributed by atoms with Crippen LogP contribution in [0.3, 0.4) is 0 Å². The minimum absolute atomic E-state index is 0.418. The van der Waals surface area contributed by atoms with Crippen molar-refractivity contribution in [2.24, 2.45) is 5.73 Å². The van der Waals surface area contributed by atoms with Crippen molar-refractivity contribution < 1.29 is 4.79 Å². The minimum atomic E-state index is -0.481. The predicted molar refractivity (Wildman–Crippen MR) is 77.8 cm³/mol. The van der Waals surface area contributed by atoms with E-state index in [4.69, 9.17) is 11.5 Å². The molecule has 2 aromatic rings. The summed E-state index contributed by atoms with van der Waals surface area (Å²) in [6.07, 6.45) is 1.49. The van der Waals surface area contributed by atoms with E-state index in [1.165, 1.54) is 0 Å². The quantitative estimate of drug-likeness (QED) is 0.878. The van der Waals surface area contributed by atoms with Crippen LogP contribution in [0.4, 0.5) is 5.69 Å². The number of nitrogens with zero attached hydrogens (tertiary/aromatic N) is 3. The Morgan fingerprint density at radius 1 is 1.30 bits per heavy atom. The highest BCUT2D eigenvalue weighted by molar-refractivity contribution is 5.93. The van der Waals surface area contributed by atoms with Gasteiger partial charge in [0, 0.05) is 11.3 Å². The molecule has 0 aromatic carbocycles. The third-order valence-electron chi connectivity index (χ3n) is 3.21. The second-order valence-corrected chi connectivity index (χ2v) is 4.65. The first kappa shape index (κ1) is 14.0. The molecule has 0 spiro atoms. The summed E-state index contributed by atoms with van der Waals surface area (Å²) in [4.78, 5) is 15.8. The molecule has 0 aliphatic carbocycles. The average molecular weight is 273 g/mol. The number of anilines is 1. The zero-order valence-electron chi connectivity index (χ0n) is 12.0. The molecule has 0 fully saturated rings. The number of amides is 1. The highest BCUT2D eigenvalue weighted by Gasteiger charge is 2.16. The van der Waals surface area contributed by atoms with Crippen molar-refractivity contribution in [3.8, 4) is 5.82 Å². The largest absolute Gasteiger partial charge is 0.396 e. The summed E-state index contributed by atoms with van der Waals surface area (Å²) in [6.45, 7) is 5.82. The first-order valence-electron chi connectivity index (χ1n) is 6.63. The van der Waals surface area contributed by atoms with E-state index in [1.54, 1.807) is 16.8 Å². The normalized spacial score (nSPS) is 10.8. The lowest BCUT2D eigenvalue weighted by molar-refractivity contribution is 0.1000. The third kappa shape index (κ3) is 2.36. The zero-order valence-corrected chi connectivity index (χ0v) is 12.0. The summed E-state index contributed by atoms with van der Waals surface area (Å²) >= 11 is 0. The molecular weight excluding hydrogens is 254 g/mol. The van der Waals surface area contributed by atoms with Crippen LogP contribution in [0.2, 0.25) is 0 Å². The summed E-state index contributed by atoms with van der Waals surface area (Å²) in [5, 5.41) is 4.49. The van der Waals surface area contributed by atoms with Crippen molar-refractivity contribution in [1.82, 2.24) is 14.8 Å².